The fraction of sp³-hybridized carbons (Fsp3) is 0.263. The molecule has 1 atom stereocenters. The van der Waals surface area contributed by atoms with E-state index >= 15 is 0 Å². The Hall–Kier alpha value is -3.02. The summed E-state index contributed by atoms with van der Waals surface area (Å²) in [7, 11) is 3.13. The van der Waals surface area contributed by atoms with Gasteiger partial charge in [-0.1, -0.05) is 24.3 Å². The van der Waals surface area contributed by atoms with Crippen molar-refractivity contribution in [3.8, 4) is 11.5 Å². The lowest BCUT2D eigenvalue weighted by Gasteiger charge is -2.16. The number of hydrogen-bond donors (Lipinski definition) is 2. The number of methoxy groups -OCH3 is 2. The fourth-order valence-corrected chi connectivity index (χ4v) is 2.35. The average Bonchev–Trinajstić information content (AvgIpc) is 2.66. The van der Waals surface area contributed by atoms with Gasteiger partial charge in [0.05, 0.1) is 26.8 Å². The van der Waals surface area contributed by atoms with E-state index in [1.54, 1.807) is 44.6 Å². The van der Waals surface area contributed by atoms with Crippen molar-refractivity contribution in [2.24, 2.45) is 0 Å². The minimum atomic E-state index is -0.283. The Balaban J connectivity index is 1.90. The molecule has 2 N–H and O–H groups in total. The molecule has 0 aliphatic rings. The Labute approximate surface area is 147 Å². The maximum absolute atomic E-state index is 12.1. The van der Waals surface area contributed by atoms with Crippen molar-refractivity contribution in [1.82, 2.24) is 10.6 Å². The molecular formula is C19H22N2O4. The highest BCUT2D eigenvalue weighted by atomic mass is 16.5. The van der Waals surface area contributed by atoms with Gasteiger partial charge in [-0.3, -0.25) is 9.59 Å². The predicted octanol–water partition coefficient (Wildman–Crippen LogP) is 2.31. The van der Waals surface area contributed by atoms with Crippen LogP contribution in [-0.2, 0) is 4.79 Å². The van der Waals surface area contributed by atoms with Gasteiger partial charge in [0, 0.05) is 5.56 Å². The molecule has 132 valence electrons. The standard InChI is InChI=1S/C19H22N2O4/c1-13(15-9-10-16(24-2)17(11-15)25-3)21-18(22)12-20-19(23)14-7-5-4-6-8-14/h4-11,13H,12H2,1-3H3,(H,20,23)(H,21,22). The highest BCUT2D eigenvalue weighted by Crippen LogP contribution is 2.29. The molecule has 2 aromatic carbocycles. The number of carbonyl (C=O) groups excluding carboxylic acids is 2. The number of carbonyl (C=O) groups is 2. The van der Waals surface area contributed by atoms with Gasteiger partial charge in [-0.2, -0.15) is 0 Å². The second-order valence-electron chi connectivity index (χ2n) is 5.45. The number of ether oxygens (including phenoxy) is 2. The van der Waals surface area contributed by atoms with E-state index in [0.717, 1.165) is 5.56 Å². The van der Waals surface area contributed by atoms with Crippen molar-refractivity contribution in [3.05, 3.63) is 59.7 Å². The van der Waals surface area contributed by atoms with Crippen LogP contribution in [0.3, 0.4) is 0 Å². The molecule has 0 saturated heterocycles. The lowest BCUT2D eigenvalue weighted by molar-refractivity contribution is -0.120. The number of hydrogen-bond acceptors (Lipinski definition) is 4. The van der Waals surface area contributed by atoms with Crippen LogP contribution in [0.25, 0.3) is 0 Å². The van der Waals surface area contributed by atoms with Crippen LogP contribution in [0.15, 0.2) is 48.5 Å². The van der Waals surface area contributed by atoms with Crippen LogP contribution in [-0.4, -0.2) is 32.6 Å². The van der Waals surface area contributed by atoms with Crippen molar-refractivity contribution in [1.29, 1.82) is 0 Å². The average molecular weight is 342 g/mol. The summed E-state index contributed by atoms with van der Waals surface area (Å²) in [4.78, 5) is 24.0. The maximum atomic E-state index is 12.1. The first-order valence-corrected chi connectivity index (χ1v) is 7.89. The number of rotatable bonds is 7. The van der Waals surface area contributed by atoms with E-state index in [1.807, 2.05) is 25.1 Å². The van der Waals surface area contributed by atoms with Crippen LogP contribution in [0.4, 0.5) is 0 Å². The van der Waals surface area contributed by atoms with Gasteiger partial charge in [0.2, 0.25) is 5.91 Å². The molecule has 0 aliphatic carbocycles. The van der Waals surface area contributed by atoms with E-state index in [1.165, 1.54) is 0 Å². The van der Waals surface area contributed by atoms with E-state index in [9.17, 15) is 9.59 Å². The Morgan fingerprint density at radius 2 is 1.68 bits per heavy atom. The third kappa shape index (κ3) is 4.97. The molecule has 2 amide bonds. The van der Waals surface area contributed by atoms with Crippen molar-refractivity contribution < 1.29 is 19.1 Å². The van der Waals surface area contributed by atoms with Crippen LogP contribution < -0.4 is 20.1 Å². The molecule has 0 spiro atoms. The number of amides is 2. The van der Waals surface area contributed by atoms with Crippen LogP contribution in [0, 0.1) is 0 Å². The molecule has 0 saturated carbocycles. The summed E-state index contributed by atoms with van der Waals surface area (Å²) < 4.78 is 10.5. The largest absolute Gasteiger partial charge is 0.493 e. The van der Waals surface area contributed by atoms with Gasteiger partial charge in [-0.25, -0.2) is 0 Å². The Kier molecular flexibility index (Phi) is 6.39. The monoisotopic (exact) mass is 342 g/mol. The number of benzene rings is 2. The van der Waals surface area contributed by atoms with Gasteiger partial charge in [0.25, 0.3) is 5.91 Å². The molecule has 25 heavy (non-hydrogen) atoms. The van der Waals surface area contributed by atoms with Crippen LogP contribution in [0.2, 0.25) is 0 Å². The molecule has 2 rings (SSSR count). The Bertz CT molecular complexity index is 731. The predicted molar refractivity (Wildman–Crippen MR) is 94.9 cm³/mol. The highest BCUT2D eigenvalue weighted by molar-refractivity contribution is 5.96. The first-order valence-electron chi connectivity index (χ1n) is 7.89. The fourth-order valence-electron chi connectivity index (χ4n) is 2.35. The zero-order chi connectivity index (χ0) is 18.2. The molecule has 1 unspecified atom stereocenters. The van der Waals surface area contributed by atoms with Crippen LogP contribution >= 0.6 is 0 Å². The van der Waals surface area contributed by atoms with E-state index in [4.69, 9.17) is 9.47 Å². The summed E-state index contributed by atoms with van der Waals surface area (Å²) in [6, 6.07) is 14.0. The lowest BCUT2D eigenvalue weighted by Crippen LogP contribution is -2.38. The molecule has 2 aromatic rings. The quantitative estimate of drug-likeness (QED) is 0.809. The maximum Gasteiger partial charge on any atom is 0.251 e. The zero-order valence-electron chi connectivity index (χ0n) is 14.5. The van der Waals surface area contributed by atoms with Crippen molar-refractivity contribution in [2.75, 3.05) is 20.8 Å². The summed E-state index contributed by atoms with van der Waals surface area (Å²) >= 11 is 0. The van der Waals surface area contributed by atoms with Gasteiger partial charge in [-0.05, 0) is 36.8 Å². The molecule has 0 aromatic heterocycles. The topological polar surface area (TPSA) is 76.7 Å². The van der Waals surface area contributed by atoms with Crippen molar-refractivity contribution in [3.63, 3.8) is 0 Å². The summed E-state index contributed by atoms with van der Waals surface area (Å²) in [6.07, 6.45) is 0. The van der Waals surface area contributed by atoms with E-state index < -0.39 is 0 Å². The lowest BCUT2D eigenvalue weighted by atomic mass is 10.1. The second-order valence-corrected chi connectivity index (χ2v) is 5.45. The molecule has 6 heteroatoms. The molecule has 6 nitrogen and oxygen atoms in total. The third-order valence-electron chi connectivity index (χ3n) is 3.73. The minimum absolute atomic E-state index is 0.0919. The first-order chi connectivity index (χ1) is 12.0. The third-order valence-corrected chi connectivity index (χ3v) is 3.73. The van der Waals surface area contributed by atoms with Gasteiger partial charge >= 0.3 is 0 Å². The molecule has 0 heterocycles. The molecule has 0 aliphatic heterocycles. The minimum Gasteiger partial charge on any atom is -0.493 e. The molecule has 0 fully saturated rings. The normalized spacial score (nSPS) is 11.3. The van der Waals surface area contributed by atoms with Crippen molar-refractivity contribution in [2.45, 2.75) is 13.0 Å². The van der Waals surface area contributed by atoms with E-state index in [-0.39, 0.29) is 24.4 Å². The smallest absolute Gasteiger partial charge is 0.251 e. The van der Waals surface area contributed by atoms with Gasteiger partial charge in [0.15, 0.2) is 11.5 Å². The Morgan fingerprint density at radius 1 is 1.00 bits per heavy atom. The molecule has 0 radical (unpaired) electrons. The summed E-state index contributed by atoms with van der Waals surface area (Å²) in [5, 5.41) is 5.44. The summed E-state index contributed by atoms with van der Waals surface area (Å²) in [6.45, 7) is 1.77. The van der Waals surface area contributed by atoms with Gasteiger partial charge < -0.3 is 20.1 Å². The first kappa shape index (κ1) is 18.3. The molecule has 0 bridgehead atoms. The van der Waals surface area contributed by atoms with Crippen LogP contribution in [0.1, 0.15) is 28.9 Å². The van der Waals surface area contributed by atoms with Gasteiger partial charge in [0.1, 0.15) is 0 Å². The second kappa shape index (κ2) is 8.73. The van der Waals surface area contributed by atoms with Gasteiger partial charge in [-0.15, -0.1) is 0 Å². The Morgan fingerprint density at radius 3 is 2.32 bits per heavy atom. The SMILES string of the molecule is COc1ccc(C(C)NC(=O)CNC(=O)c2ccccc2)cc1OC. The van der Waals surface area contributed by atoms with E-state index in [2.05, 4.69) is 10.6 Å². The van der Waals surface area contributed by atoms with E-state index in [0.29, 0.717) is 17.1 Å². The summed E-state index contributed by atoms with van der Waals surface area (Å²) in [5.41, 5.74) is 1.39. The zero-order valence-corrected chi connectivity index (χ0v) is 14.5. The van der Waals surface area contributed by atoms with Crippen LogP contribution in [0.5, 0.6) is 11.5 Å². The highest BCUT2D eigenvalue weighted by Gasteiger charge is 2.13. The van der Waals surface area contributed by atoms with Crippen molar-refractivity contribution >= 4 is 11.8 Å². The summed E-state index contributed by atoms with van der Waals surface area (Å²) in [5.74, 6) is 0.666. The number of nitrogens with one attached hydrogen (secondary N) is 2. The molecular weight excluding hydrogens is 320 g/mol.